The van der Waals surface area contributed by atoms with Gasteiger partial charge < -0.3 is 10.4 Å². The highest BCUT2D eigenvalue weighted by atomic mass is 32.2. The van der Waals surface area contributed by atoms with Crippen LogP contribution < -0.4 is 5.32 Å². The fourth-order valence-electron chi connectivity index (χ4n) is 1.75. The molecule has 90 valence electrons. The van der Waals surface area contributed by atoms with Gasteiger partial charge in [0, 0.05) is 29.9 Å². The summed E-state index contributed by atoms with van der Waals surface area (Å²) in [5, 5.41) is 14.6. The molecule has 2 rings (SSSR count). The molecule has 16 heavy (non-hydrogen) atoms. The lowest BCUT2D eigenvalue weighted by Crippen LogP contribution is -2.40. The standard InChI is InChI=1S/C11H18N2OS2/c1-2-10-13-6-9(16-10)5-12-7-11(14)3-4-15-8-11/h6,12,14H,2-5,7-8H2,1H3. The van der Waals surface area contributed by atoms with Gasteiger partial charge in [-0.3, -0.25) is 0 Å². The second-order valence-electron chi connectivity index (χ2n) is 4.20. The van der Waals surface area contributed by atoms with E-state index in [-0.39, 0.29) is 0 Å². The van der Waals surface area contributed by atoms with E-state index in [4.69, 9.17) is 0 Å². The molecule has 1 fully saturated rings. The van der Waals surface area contributed by atoms with Gasteiger partial charge in [0.2, 0.25) is 0 Å². The maximum absolute atomic E-state index is 10.1. The highest BCUT2D eigenvalue weighted by Gasteiger charge is 2.30. The number of nitrogens with one attached hydrogen (secondary N) is 1. The van der Waals surface area contributed by atoms with Crippen molar-refractivity contribution < 1.29 is 5.11 Å². The molecule has 0 radical (unpaired) electrons. The predicted molar refractivity (Wildman–Crippen MR) is 70.1 cm³/mol. The van der Waals surface area contributed by atoms with Crippen molar-refractivity contribution in [1.29, 1.82) is 0 Å². The molecule has 0 amide bonds. The fraction of sp³-hybridized carbons (Fsp3) is 0.727. The van der Waals surface area contributed by atoms with Crippen LogP contribution in [-0.4, -0.2) is 33.7 Å². The number of thiazole rings is 1. The van der Waals surface area contributed by atoms with Crippen LogP contribution in [-0.2, 0) is 13.0 Å². The number of rotatable bonds is 5. The van der Waals surface area contributed by atoms with E-state index in [0.29, 0.717) is 6.54 Å². The predicted octanol–water partition coefficient (Wildman–Crippen LogP) is 1.66. The van der Waals surface area contributed by atoms with Gasteiger partial charge in [-0.1, -0.05) is 6.92 Å². The van der Waals surface area contributed by atoms with Gasteiger partial charge in [0.15, 0.2) is 0 Å². The minimum absolute atomic E-state index is 0.483. The van der Waals surface area contributed by atoms with Gasteiger partial charge in [-0.2, -0.15) is 11.8 Å². The first kappa shape index (κ1) is 12.4. The first-order valence-electron chi connectivity index (χ1n) is 5.66. The minimum Gasteiger partial charge on any atom is -0.388 e. The van der Waals surface area contributed by atoms with Gasteiger partial charge in [-0.05, 0) is 18.6 Å². The van der Waals surface area contributed by atoms with Crippen LogP contribution in [0.1, 0.15) is 23.2 Å². The molecule has 1 aromatic heterocycles. The summed E-state index contributed by atoms with van der Waals surface area (Å²) in [5.41, 5.74) is -0.483. The zero-order valence-electron chi connectivity index (χ0n) is 9.53. The lowest BCUT2D eigenvalue weighted by Gasteiger charge is -2.21. The maximum Gasteiger partial charge on any atom is 0.0925 e. The van der Waals surface area contributed by atoms with E-state index in [1.165, 1.54) is 9.88 Å². The maximum atomic E-state index is 10.1. The van der Waals surface area contributed by atoms with Crippen LogP contribution in [0, 0.1) is 0 Å². The van der Waals surface area contributed by atoms with E-state index in [1.807, 2.05) is 18.0 Å². The van der Waals surface area contributed by atoms with Crippen molar-refractivity contribution in [3.05, 3.63) is 16.1 Å². The number of nitrogens with zero attached hydrogens (tertiary/aromatic N) is 1. The molecule has 1 saturated heterocycles. The average Bonchev–Trinajstić information content (AvgIpc) is 2.88. The summed E-state index contributed by atoms with van der Waals surface area (Å²) in [7, 11) is 0. The average molecular weight is 258 g/mol. The van der Waals surface area contributed by atoms with Crippen molar-refractivity contribution in [1.82, 2.24) is 10.3 Å². The van der Waals surface area contributed by atoms with Crippen molar-refractivity contribution in [2.24, 2.45) is 0 Å². The van der Waals surface area contributed by atoms with E-state index in [9.17, 15) is 5.11 Å². The Kier molecular flexibility index (Phi) is 4.24. The zero-order valence-corrected chi connectivity index (χ0v) is 11.2. The monoisotopic (exact) mass is 258 g/mol. The van der Waals surface area contributed by atoms with E-state index in [1.54, 1.807) is 11.3 Å². The molecule has 1 aromatic rings. The van der Waals surface area contributed by atoms with E-state index in [2.05, 4.69) is 17.2 Å². The van der Waals surface area contributed by atoms with Crippen LogP contribution in [0.15, 0.2) is 6.20 Å². The van der Waals surface area contributed by atoms with Gasteiger partial charge in [0.1, 0.15) is 0 Å². The number of aryl methyl sites for hydroxylation is 1. The fourth-order valence-corrected chi connectivity index (χ4v) is 3.87. The summed E-state index contributed by atoms with van der Waals surface area (Å²) < 4.78 is 0. The summed E-state index contributed by atoms with van der Waals surface area (Å²) >= 11 is 3.59. The summed E-state index contributed by atoms with van der Waals surface area (Å²) in [6, 6.07) is 0. The summed E-state index contributed by atoms with van der Waals surface area (Å²) in [6.45, 7) is 3.64. The summed E-state index contributed by atoms with van der Waals surface area (Å²) in [5.74, 6) is 1.95. The van der Waals surface area contributed by atoms with Crippen molar-refractivity contribution in [2.75, 3.05) is 18.1 Å². The van der Waals surface area contributed by atoms with E-state index >= 15 is 0 Å². The molecule has 1 atom stereocenters. The zero-order chi connectivity index (χ0) is 11.4. The van der Waals surface area contributed by atoms with Crippen molar-refractivity contribution >= 4 is 23.1 Å². The highest BCUT2D eigenvalue weighted by molar-refractivity contribution is 7.99. The number of hydrogen-bond acceptors (Lipinski definition) is 5. The Morgan fingerprint density at radius 2 is 2.50 bits per heavy atom. The van der Waals surface area contributed by atoms with Crippen molar-refractivity contribution in [3.63, 3.8) is 0 Å². The molecule has 0 spiro atoms. The first-order chi connectivity index (χ1) is 7.72. The third-order valence-corrected chi connectivity index (χ3v) is 5.12. The van der Waals surface area contributed by atoms with Crippen molar-refractivity contribution in [3.8, 4) is 0 Å². The Bertz CT molecular complexity index is 334. The highest BCUT2D eigenvalue weighted by Crippen LogP contribution is 2.27. The molecule has 5 heteroatoms. The molecular weight excluding hydrogens is 240 g/mol. The summed E-state index contributed by atoms with van der Waals surface area (Å²) in [6.07, 6.45) is 3.85. The molecule has 1 unspecified atom stereocenters. The third kappa shape index (κ3) is 3.20. The quantitative estimate of drug-likeness (QED) is 0.843. The molecule has 3 nitrogen and oxygen atoms in total. The van der Waals surface area contributed by atoms with Gasteiger partial charge >= 0.3 is 0 Å². The first-order valence-corrected chi connectivity index (χ1v) is 7.63. The summed E-state index contributed by atoms with van der Waals surface area (Å²) in [4.78, 5) is 5.57. The largest absolute Gasteiger partial charge is 0.388 e. The third-order valence-electron chi connectivity index (χ3n) is 2.74. The Morgan fingerprint density at radius 1 is 1.62 bits per heavy atom. The van der Waals surface area contributed by atoms with Crippen LogP contribution in [0.4, 0.5) is 0 Å². The lowest BCUT2D eigenvalue weighted by atomic mass is 10.0. The molecule has 1 aliphatic rings. The smallest absolute Gasteiger partial charge is 0.0925 e. The van der Waals surface area contributed by atoms with Gasteiger partial charge in [-0.25, -0.2) is 4.98 Å². The lowest BCUT2D eigenvalue weighted by molar-refractivity contribution is 0.0675. The van der Waals surface area contributed by atoms with Gasteiger partial charge in [0.25, 0.3) is 0 Å². The van der Waals surface area contributed by atoms with E-state index < -0.39 is 5.60 Å². The molecule has 0 aromatic carbocycles. The Balaban J connectivity index is 1.75. The Labute approximate surface area is 105 Å². The van der Waals surface area contributed by atoms with E-state index in [0.717, 1.165) is 30.9 Å². The number of hydrogen-bond donors (Lipinski definition) is 2. The van der Waals surface area contributed by atoms with Crippen LogP contribution in [0.5, 0.6) is 0 Å². The second-order valence-corrected chi connectivity index (χ2v) is 6.51. The number of thioether (sulfide) groups is 1. The van der Waals surface area contributed by atoms with Gasteiger partial charge in [0.05, 0.1) is 10.6 Å². The SMILES string of the molecule is CCc1ncc(CNCC2(O)CCSC2)s1. The molecule has 0 aliphatic carbocycles. The number of aromatic nitrogens is 1. The van der Waals surface area contributed by atoms with Crippen molar-refractivity contribution in [2.45, 2.75) is 31.9 Å². The molecule has 2 heterocycles. The minimum atomic E-state index is -0.483. The number of aliphatic hydroxyl groups is 1. The van der Waals surface area contributed by atoms with Crippen LogP contribution >= 0.6 is 23.1 Å². The molecule has 0 saturated carbocycles. The second kappa shape index (κ2) is 5.49. The van der Waals surface area contributed by atoms with Gasteiger partial charge in [-0.15, -0.1) is 11.3 Å². The molecule has 1 aliphatic heterocycles. The Hall–Kier alpha value is -0.100. The molecule has 2 N–H and O–H groups in total. The van der Waals surface area contributed by atoms with Crippen LogP contribution in [0.3, 0.4) is 0 Å². The topological polar surface area (TPSA) is 45.2 Å². The van der Waals surface area contributed by atoms with Crippen LogP contribution in [0.25, 0.3) is 0 Å². The Morgan fingerprint density at radius 3 is 3.12 bits per heavy atom. The molecular formula is C11H18N2OS2. The van der Waals surface area contributed by atoms with Crippen LogP contribution in [0.2, 0.25) is 0 Å². The molecule has 0 bridgehead atoms. The normalized spacial score (nSPS) is 25.1.